The summed E-state index contributed by atoms with van der Waals surface area (Å²) in [6.07, 6.45) is 2.83. The minimum Gasteiger partial charge on any atom is -0.450 e. The summed E-state index contributed by atoms with van der Waals surface area (Å²) in [5.74, 6) is -2.52. The van der Waals surface area contributed by atoms with E-state index in [1.54, 1.807) is 12.1 Å². The van der Waals surface area contributed by atoms with Crippen molar-refractivity contribution in [2.24, 2.45) is 5.92 Å². The molecule has 0 saturated heterocycles. The molecule has 2 heterocycles. The van der Waals surface area contributed by atoms with Crippen LogP contribution in [0.3, 0.4) is 0 Å². The van der Waals surface area contributed by atoms with Crippen LogP contribution in [0.2, 0.25) is 0 Å². The summed E-state index contributed by atoms with van der Waals surface area (Å²) in [6, 6.07) is 10.2. The molecule has 5 N–H and O–H groups in total. The normalized spacial score (nSPS) is 13.1. The predicted molar refractivity (Wildman–Crippen MR) is 146 cm³/mol. The molecule has 1 unspecified atom stereocenters. The lowest BCUT2D eigenvalue weighted by Gasteiger charge is -2.29. The molecule has 212 valence electrons. The number of hydrogen-bond acceptors (Lipinski definition) is 7. The quantitative estimate of drug-likeness (QED) is 0.199. The number of hydrogen-bond donors (Lipinski definition) is 5. The van der Waals surface area contributed by atoms with Gasteiger partial charge in [-0.2, -0.15) is 0 Å². The van der Waals surface area contributed by atoms with Crippen molar-refractivity contribution < 1.29 is 23.9 Å². The molecule has 40 heavy (non-hydrogen) atoms. The van der Waals surface area contributed by atoms with Gasteiger partial charge in [0, 0.05) is 31.6 Å². The largest absolute Gasteiger partial charge is 0.450 e. The molecular weight excluding hydrogens is 516 g/mol. The number of aromatic nitrogens is 3. The van der Waals surface area contributed by atoms with Crippen LogP contribution in [0.1, 0.15) is 48.8 Å². The molecule has 1 aromatic carbocycles. The zero-order valence-corrected chi connectivity index (χ0v) is 22.6. The Labute approximate surface area is 231 Å². The van der Waals surface area contributed by atoms with Crippen molar-refractivity contribution in [1.29, 1.82) is 0 Å². The number of amides is 3. The van der Waals surface area contributed by atoms with E-state index in [1.165, 1.54) is 18.7 Å². The van der Waals surface area contributed by atoms with E-state index in [1.807, 2.05) is 44.2 Å². The molecule has 0 aliphatic heterocycles. The lowest BCUT2D eigenvalue weighted by molar-refractivity contribution is -0.156. The number of nitrogens with zero attached hydrogens (tertiary/aromatic N) is 1. The van der Waals surface area contributed by atoms with Crippen LogP contribution in [0.4, 0.5) is 0 Å². The van der Waals surface area contributed by atoms with Crippen molar-refractivity contribution in [1.82, 2.24) is 30.9 Å². The smallest absolute Gasteiger partial charge is 0.303 e. The third kappa shape index (κ3) is 8.93. The fourth-order valence-electron chi connectivity index (χ4n) is 4.07. The summed E-state index contributed by atoms with van der Waals surface area (Å²) in [7, 11) is 0. The van der Waals surface area contributed by atoms with Crippen LogP contribution in [0.5, 0.6) is 0 Å². The molecule has 0 saturated carbocycles. The van der Waals surface area contributed by atoms with E-state index in [4.69, 9.17) is 4.74 Å². The zero-order chi connectivity index (χ0) is 29.1. The maximum Gasteiger partial charge on any atom is 0.303 e. The molecule has 0 aliphatic carbocycles. The van der Waals surface area contributed by atoms with Gasteiger partial charge in [-0.15, -0.1) is 0 Å². The van der Waals surface area contributed by atoms with Crippen molar-refractivity contribution in [3.05, 3.63) is 88.4 Å². The Kier molecular flexibility index (Phi) is 10.7. The van der Waals surface area contributed by atoms with Crippen molar-refractivity contribution in [3.8, 4) is 0 Å². The number of carbonyl (C=O) groups excluding carboxylic acids is 4. The monoisotopic (exact) mass is 550 g/mol. The summed E-state index contributed by atoms with van der Waals surface area (Å²) in [5, 5.41) is 8.19. The summed E-state index contributed by atoms with van der Waals surface area (Å²) >= 11 is 0. The minimum atomic E-state index is -1.47. The second-order valence-electron chi connectivity index (χ2n) is 9.70. The second-order valence-corrected chi connectivity index (χ2v) is 9.70. The van der Waals surface area contributed by atoms with E-state index >= 15 is 0 Å². The van der Waals surface area contributed by atoms with Crippen LogP contribution >= 0.6 is 0 Å². The lowest BCUT2D eigenvalue weighted by atomic mass is 9.98. The Balaban J connectivity index is 1.89. The Morgan fingerprint density at radius 3 is 2.35 bits per heavy atom. The molecule has 0 fully saturated rings. The van der Waals surface area contributed by atoms with Gasteiger partial charge in [0.1, 0.15) is 11.7 Å². The second kappa shape index (κ2) is 14.4. The number of rotatable bonds is 13. The Hall–Kier alpha value is -4.74. The highest BCUT2D eigenvalue weighted by atomic mass is 16.5. The average molecular weight is 551 g/mol. The SMILES string of the molecule is CC(=O)OC(C(=O)NCc1ccccc1)[C@H](Cc1ccc[nH]c1=O)NC(=O)[C@H](CC(C)C)NC(=O)c1cnc[nH]1. The highest BCUT2D eigenvalue weighted by Crippen LogP contribution is 2.12. The number of imidazole rings is 1. The van der Waals surface area contributed by atoms with Crippen LogP contribution in [0.15, 0.2) is 66.0 Å². The number of nitrogens with one attached hydrogen (secondary N) is 5. The van der Waals surface area contributed by atoms with Gasteiger partial charge in [-0.05, 0) is 24.0 Å². The van der Waals surface area contributed by atoms with Crippen LogP contribution in [-0.2, 0) is 32.1 Å². The molecule has 2 aromatic heterocycles. The number of aromatic amines is 2. The molecule has 3 rings (SSSR count). The van der Waals surface area contributed by atoms with E-state index in [2.05, 4.69) is 30.9 Å². The molecule has 0 spiro atoms. The van der Waals surface area contributed by atoms with Gasteiger partial charge in [0.15, 0.2) is 6.10 Å². The number of pyridine rings is 1. The summed E-state index contributed by atoms with van der Waals surface area (Å²) in [5.41, 5.74) is 0.838. The van der Waals surface area contributed by atoms with Gasteiger partial charge in [0.25, 0.3) is 17.4 Å². The van der Waals surface area contributed by atoms with E-state index in [-0.39, 0.29) is 36.6 Å². The Morgan fingerprint density at radius 2 is 1.73 bits per heavy atom. The first kappa shape index (κ1) is 29.8. The van der Waals surface area contributed by atoms with Gasteiger partial charge in [0.2, 0.25) is 5.91 Å². The molecule has 3 aromatic rings. The molecule has 0 bridgehead atoms. The Bertz CT molecular complexity index is 1340. The number of ether oxygens (including phenoxy) is 1. The van der Waals surface area contributed by atoms with Crippen molar-refractivity contribution in [3.63, 3.8) is 0 Å². The summed E-state index contributed by atoms with van der Waals surface area (Å²) < 4.78 is 5.40. The maximum atomic E-state index is 13.6. The standard InChI is InChI=1S/C28H34N6O6/c1-17(2)12-22(34-27(38)23-15-29-16-32-23)26(37)33-21(13-20-10-7-11-30-25(20)36)24(40-18(3)35)28(39)31-14-19-8-5-4-6-9-19/h4-11,15-17,21-22,24H,12-14H2,1-3H3,(H,29,32)(H,30,36)(H,31,39)(H,33,37)(H,34,38)/t21-,22-,24?/m0/s1. The molecular formula is C28H34N6O6. The maximum absolute atomic E-state index is 13.6. The molecule has 12 nitrogen and oxygen atoms in total. The molecule has 0 radical (unpaired) electrons. The first-order valence-corrected chi connectivity index (χ1v) is 12.9. The number of esters is 1. The lowest BCUT2D eigenvalue weighted by Crippen LogP contribution is -2.57. The highest BCUT2D eigenvalue weighted by Gasteiger charge is 2.35. The zero-order valence-electron chi connectivity index (χ0n) is 22.6. The van der Waals surface area contributed by atoms with Crippen LogP contribution in [0.25, 0.3) is 0 Å². The number of carbonyl (C=O) groups is 4. The van der Waals surface area contributed by atoms with Gasteiger partial charge < -0.3 is 30.7 Å². The molecule has 0 aliphatic rings. The van der Waals surface area contributed by atoms with Crippen LogP contribution in [-0.4, -0.2) is 56.8 Å². The number of H-pyrrole nitrogens is 2. The summed E-state index contributed by atoms with van der Waals surface area (Å²) in [4.78, 5) is 73.2. The molecule has 3 amide bonds. The first-order chi connectivity index (χ1) is 19.1. The van der Waals surface area contributed by atoms with Gasteiger partial charge in [-0.1, -0.05) is 50.2 Å². The fraction of sp³-hybridized carbons (Fsp3) is 0.357. The fourth-order valence-corrected chi connectivity index (χ4v) is 4.07. The van der Waals surface area contributed by atoms with E-state index in [9.17, 15) is 24.0 Å². The third-order valence-electron chi connectivity index (χ3n) is 5.97. The topological polar surface area (TPSA) is 175 Å². The predicted octanol–water partition coefficient (Wildman–Crippen LogP) is 1.22. The first-order valence-electron chi connectivity index (χ1n) is 12.9. The van der Waals surface area contributed by atoms with Crippen LogP contribution in [0, 0.1) is 5.92 Å². The highest BCUT2D eigenvalue weighted by molar-refractivity contribution is 5.96. The Morgan fingerprint density at radius 1 is 0.975 bits per heavy atom. The van der Waals surface area contributed by atoms with Gasteiger partial charge >= 0.3 is 5.97 Å². The third-order valence-corrected chi connectivity index (χ3v) is 5.97. The van der Waals surface area contributed by atoms with E-state index in [0.29, 0.717) is 0 Å². The van der Waals surface area contributed by atoms with Gasteiger partial charge in [-0.3, -0.25) is 24.0 Å². The van der Waals surface area contributed by atoms with Crippen molar-refractivity contribution >= 4 is 23.7 Å². The number of benzene rings is 1. The van der Waals surface area contributed by atoms with Crippen molar-refractivity contribution in [2.75, 3.05) is 0 Å². The van der Waals surface area contributed by atoms with Gasteiger partial charge in [-0.25, -0.2) is 4.98 Å². The molecule has 12 heteroatoms. The van der Waals surface area contributed by atoms with E-state index in [0.717, 1.165) is 12.5 Å². The average Bonchev–Trinajstić information content (AvgIpc) is 3.46. The van der Waals surface area contributed by atoms with Crippen molar-refractivity contribution in [2.45, 2.75) is 58.3 Å². The minimum absolute atomic E-state index is 0.0201. The van der Waals surface area contributed by atoms with Gasteiger partial charge in [0.05, 0.1) is 18.6 Å². The van der Waals surface area contributed by atoms with E-state index < -0.39 is 47.4 Å². The molecule has 3 atom stereocenters. The summed E-state index contributed by atoms with van der Waals surface area (Å²) in [6.45, 7) is 5.09. The van der Waals surface area contributed by atoms with Crippen LogP contribution < -0.4 is 21.5 Å².